The predicted molar refractivity (Wildman–Crippen MR) is 159 cm³/mol. The summed E-state index contributed by atoms with van der Waals surface area (Å²) in [6.45, 7) is 2.49. The number of amides is 2. The number of rotatable bonds is 10. The predicted octanol–water partition coefficient (Wildman–Crippen LogP) is 6.34. The average Bonchev–Trinajstić information content (AvgIpc) is 3.47. The van der Waals surface area contributed by atoms with Crippen molar-refractivity contribution in [3.05, 3.63) is 94.5 Å². The Kier molecular flexibility index (Phi) is 10.1. The number of anilines is 1. The zero-order chi connectivity index (χ0) is 31.4. The van der Waals surface area contributed by atoms with E-state index in [9.17, 15) is 31.2 Å². The Morgan fingerprint density at radius 3 is 2.30 bits per heavy atom. The van der Waals surface area contributed by atoms with Crippen LogP contribution in [-0.4, -0.2) is 43.8 Å². The Morgan fingerprint density at radius 1 is 1.00 bits per heavy atom. The zero-order valence-corrected chi connectivity index (χ0v) is 25.3. The van der Waals surface area contributed by atoms with E-state index < -0.39 is 51.9 Å². The molecule has 230 valence electrons. The Bertz CT molecular complexity index is 1560. The van der Waals surface area contributed by atoms with Crippen molar-refractivity contribution in [3.8, 4) is 0 Å². The lowest BCUT2D eigenvalue weighted by Gasteiger charge is -2.33. The van der Waals surface area contributed by atoms with E-state index in [1.54, 1.807) is 25.1 Å². The maximum Gasteiger partial charge on any atom is 0.416 e. The van der Waals surface area contributed by atoms with Crippen molar-refractivity contribution in [2.24, 2.45) is 0 Å². The standard InChI is InChI=1S/C31H33ClF3N3O4S/c1-21-9-8-10-23(17-21)19-37(22(2)30(40)36-25-11-6-7-12-25)29(39)20-38(43(41,42)26-13-4-3-5-14-26)28-18-24(31(33,34)35)15-16-27(28)32/h3-5,8-10,13-18,22,25H,6-7,11-12,19-20H2,1-2H3,(H,36,40)/t22-/m1/s1. The number of sulfonamides is 1. The Morgan fingerprint density at radius 2 is 1.67 bits per heavy atom. The molecular weight excluding hydrogens is 603 g/mol. The van der Waals surface area contributed by atoms with Crippen molar-refractivity contribution in [1.82, 2.24) is 10.2 Å². The first-order chi connectivity index (χ1) is 20.3. The van der Waals surface area contributed by atoms with E-state index in [1.807, 2.05) is 19.1 Å². The van der Waals surface area contributed by atoms with Crippen LogP contribution in [0.3, 0.4) is 0 Å². The molecule has 1 aliphatic carbocycles. The molecule has 2 amide bonds. The number of aryl methyl sites for hydroxylation is 1. The number of hydrogen-bond acceptors (Lipinski definition) is 4. The molecule has 0 heterocycles. The van der Waals surface area contributed by atoms with Gasteiger partial charge in [-0.25, -0.2) is 8.42 Å². The SMILES string of the molecule is Cc1cccc(CN(C(=O)CN(c2cc(C(F)(F)F)ccc2Cl)S(=O)(=O)c2ccccc2)[C@H](C)C(=O)NC2CCCC2)c1. The van der Waals surface area contributed by atoms with Crippen LogP contribution in [0, 0.1) is 6.92 Å². The molecule has 0 spiro atoms. The highest BCUT2D eigenvalue weighted by Crippen LogP contribution is 2.37. The number of hydrogen-bond donors (Lipinski definition) is 1. The van der Waals surface area contributed by atoms with Gasteiger partial charge in [0.1, 0.15) is 12.6 Å². The molecule has 0 bridgehead atoms. The minimum atomic E-state index is -4.80. The molecule has 7 nitrogen and oxygen atoms in total. The normalized spacial score (nSPS) is 14.7. The van der Waals surface area contributed by atoms with Crippen molar-refractivity contribution in [1.29, 1.82) is 0 Å². The number of nitrogens with zero attached hydrogens (tertiary/aromatic N) is 2. The van der Waals surface area contributed by atoms with Gasteiger partial charge in [-0.3, -0.25) is 13.9 Å². The third kappa shape index (κ3) is 7.88. The Labute approximate surface area is 254 Å². The summed E-state index contributed by atoms with van der Waals surface area (Å²) in [4.78, 5) is 28.3. The van der Waals surface area contributed by atoms with Crippen LogP contribution in [0.4, 0.5) is 18.9 Å². The largest absolute Gasteiger partial charge is 0.416 e. The van der Waals surface area contributed by atoms with Gasteiger partial charge in [0.25, 0.3) is 10.0 Å². The van der Waals surface area contributed by atoms with Crippen molar-refractivity contribution in [3.63, 3.8) is 0 Å². The Balaban J connectivity index is 1.76. The highest BCUT2D eigenvalue weighted by molar-refractivity contribution is 7.92. The van der Waals surface area contributed by atoms with E-state index in [0.717, 1.165) is 43.4 Å². The fraction of sp³-hybridized carbons (Fsp3) is 0.355. The highest BCUT2D eigenvalue weighted by atomic mass is 35.5. The zero-order valence-electron chi connectivity index (χ0n) is 23.8. The molecule has 0 unspecified atom stereocenters. The van der Waals surface area contributed by atoms with Gasteiger partial charge in [-0.1, -0.05) is 72.5 Å². The summed E-state index contributed by atoms with van der Waals surface area (Å²) in [6.07, 6.45) is -1.19. The monoisotopic (exact) mass is 635 g/mol. The minimum absolute atomic E-state index is 0.0234. The second-order valence-electron chi connectivity index (χ2n) is 10.7. The molecule has 1 N–H and O–H groups in total. The molecular formula is C31H33ClF3N3O4S. The minimum Gasteiger partial charge on any atom is -0.352 e. The number of halogens is 4. The molecule has 43 heavy (non-hydrogen) atoms. The van der Waals surface area contributed by atoms with Crippen LogP contribution in [0.5, 0.6) is 0 Å². The molecule has 1 atom stereocenters. The van der Waals surface area contributed by atoms with E-state index in [2.05, 4.69) is 5.32 Å². The van der Waals surface area contributed by atoms with Gasteiger partial charge in [-0.2, -0.15) is 13.2 Å². The lowest BCUT2D eigenvalue weighted by atomic mass is 10.1. The van der Waals surface area contributed by atoms with Gasteiger partial charge in [0.15, 0.2) is 0 Å². The summed E-state index contributed by atoms with van der Waals surface area (Å²) in [5, 5.41) is 2.68. The van der Waals surface area contributed by atoms with Gasteiger partial charge < -0.3 is 10.2 Å². The molecule has 1 fully saturated rings. The summed E-state index contributed by atoms with van der Waals surface area (Å²) in [6, 6.07) is 15.6. The Hall–Kier alpha value is -3.57. The van der Waals surface area contributed by atoms with Gasteiger partial charge in [0.05, 0.1) is 21.2 Å². The molecule has 12 heteroatoms. The van der Waals surface area contributed by atoms with Gasteiger partial charge in [0.2, 0.25) is 11.8 Å². The summed E-state index contributed by atoms with van der Waals surface area (Å²) in [7, 11) is -4.58. The third-order valence-electron chi connectivity index (χ3n) is 7.46. The second-order valence-corrected chi connectivity index (χ2v) is 12.9. The molecule has 1 aliphatic rings. The first kappa shape index (κ1) is 32.3. The number of alkyl halides is 3. The van der Waals surface area contributed by atoms with Crippen LogP contribution in [0.25, 0.3) is 0 Å². The number of benzene rings is 3. The number of carbonyl (C=O) groups excluding carboxylic acids is 2. The summed E-state index contributed by atoms with van der Waals surface area (Å²) >= 11 is 6.29. The molecule has 3 aromatic rings. The highest BCUT2D eigenvalue weighted by Gasteiger charge is 2.36. The van der Waals surface area contributed by atoms with Gasteiger partial charge in [-0.15, -0.1) is 0 Å². The maximum atomic E-state index is 14.0. The molecule has 1 saturated carbocycles. The lowest BCUT2D eigenvalue weighted by Crippen LogP contribution is -2.52. The third-order valence-corrected chi connectivity index (χ3v) is 9.55. The maximum absolute atomic E-state index is 14.0. The van der Waals surface area contributed by atoms with Crippen LogP contribution in [0.1, 0.15) is 49.3 Å². The van der Waals surface area contributed by atoms with Crippen LogP contribution in [0.15, 0.2) is 77.7 Å². The van der Waals surface area contributed by atoms with Gasteiger partial charge >= 0.3 is 6.18 Å². The molecule has 0 aromatic heterocycles. The van der Waals surface area contributed by atoms with Crippen LogP contribution in [-0.2, 0) is 32.3 Å². The van der Waals surface area contributed by atoms with Crippen LogP contribution < -0.4 is 9.62 Å². The van der Waals surface area contributed by atoms with Gasteiger partial charge in [-0.05, 0) is 62.6 Å². The van der Waals surface area contributed by atoms with E-state index in [4.69, 9.17) is 11.6 Å². The number of nitrogens with one attached hydrogen (secondary N) is 1. The molecule has 0 aliphatic heterocycles. The molecule has 0 radical (unpaired) electrons. The summed E-state index contributed by atoms with van der Waals surface area (Å²) < 4.78 is 69.4. The fourth-order valence-corrected chi connectivity index (χ4v) is 6.81. The van der Waals surface area contributed by atoms with E-state index in [-0.39, 0.29) is 22.5 Å². The topological polar surface area (TPSA) is 86.8 Å². The van der Waals surface area contributed by atoms with Crippen LogP contribution in [0.2, 0.25) is 5.02 Å². The first-order valence-corrected chi connectivity index (χ1v) is 15.7. The number of carbonyl (C=O) groups is 2. The van der Waals surface area contributed by atoms with Crippen molar-refractivity contribution < 1.29 is 31.2 Å². The van der Waals surface area contributed by atoms with E-state index >= 15 is 0 Å². The smallest absolute Gasteiger partial charge is 0.352 e. The van der Waals surface area contributed by atoms with E-state index in [1.165, 1.54) is 29.2 Å². The van der Waals surface area contributed by atoms with Crippen LogP contribution >= 0.6 is 11.6 Å². The average molecular weight is 636 g/mol. The fourth-order valence-electron chi connectivity index (χ4n) is 5.09. The summed E-state index contributed by atoms with van der Waals surface area (Å²) in [5.74, 6) is -1.19. The van der Waals surface area contributed by atoms with Gasteiger partial charge in [0, 0.05) is 12.6 Å². The summed E-state index contributed by atoms with van der Waals surface area (Å²) in [5.41, 5.74) is -0.0266. The molecule has 4 rings (SSSR count). The van der Waals surface area contributed by atoms with E-state index in [0.29, 0.717) is 15.9 Å². The molecule has 3 aromatic carbocycles. The quantitative estimate of drug-likeness (QED) is 0.282. The van der Waals surface area contributed by atoms with Crippen molar-refractivity contribution in [2.75, 3.05) is 10.8 Å². The lowest BCUT2D eigenvalue weighted by molar-refractivity contribution is -0.139. The molecule has 0 saturated heterocycles. The van der Waals surface area contributed by atoms with Crippen molar-refractivity contribution in [2.45, 2.75) is 69.2 Å². The first-order valence-electron chi connectivity index (χ1n) is 13.9. The second kappa shape index (κ2) is 13.4. The van der Waals surface area contributed by atoms with Crippen molar-refractivity contribution >= 4 is 39.1 Å².